The first-order valence-electron chi connectivity index (χ1n) is 35.9. The predicted octanol–water partition coefficient (Wildman–Crippen LogP) is 17.6. The Labute approximate surface area is 564 Å². The number of carbonyl (C=O) groups excluding carboxylic acids is 3. The van der Waals surface area contributed by atoms with Crippen molar-refractivity contribution in [1.82, 2.24) is 4.72 Å². The predicted molar refractivity (Wildman–Crippen MR) is 386 cm³/mol. The molecule has 22 heteroatoms. The lowest BCUT2D eigenvalue weighted by atomic mass is 9.90. The van der Waals surface area contributed by atoms with E-state index in [1.54, 1.807) is 0 Å². The number of thiocarbonyl (C=S) groups is 1. The molecule has 11 heterocycles. The minimum absolute atomic E-state index is 0.0324. The van der Waals surface area contributed by atoms with Crippen molar-refractivity contribution in [1.29, 1.82) is 0 Å². The lowest BCUT2D eigenvalue weighted by molar-refractivity contribution is -0.144. The molecule has 16 atom stereocenters. The molecule has 1 N–H and O–H groups in total. The Hall–Kier alpha value is -1.11. The van der Waals surface area contributed by atoms with Crippen LogP contribution in [0.4, 0.5) is 0 Å². The Kier molecular flexibility index (Phi) is 64.8. The highest BCUT2D eigenvalue weighted by Crippen LogP contribution is 2.56. The summed E-state index contributed by atoms with van der Waals surface area (Å²) in [5.74, 6) is 5.02. The van der Waals surface area contributed by atoms with Crippen LogP contribution in [-0.2, 0) is 72.0 Å². The molecule has 11 saturated heterocycles. The highest BCUT2D eigenvalue weighted by Gasteiger charge is 2.60. The standard InChI is InChI=1S/C8H10O2.C7H10O3S.C7H8O3.C7H8O2S.C4H6S2.C3H7NO2S.C3H6O3S.14C2H6/c9-8-6-2-4-1-5(6)7(3-4)10-8;8-11(9)7-3-4-1-5(7)6(2-4)10-11;8-7-4-1-3-2-5(10-7)6(4)9-3;8-7-4-1-3-2-5(9-7)6(4)10-3;5-4-2-1-3-6-4;5-7(6)3-1-2-4-7;4-7(5)3-1-2-6-7;14*1-2/h4-7H,1-3H2;4-7H,1-3H2;2*3-6H,1-2H2;1-3H2;4H,1-3H2;1-3H2;14*1-2H3. The second kappa shape index (κ2) is 58.3. The summed E-state index contributed by atoms with van der Waals surface area (Å²) >= 11 is 8.68. The first-order chi connectivity index (χ1) is 43.0. The minimum Gasteiger partial charge on any atom is -0.462 e. The van der Waals surface area contributed by atoms with Crippen molar-refractivity contribution in [2.75, 3.05) is 30.4 Å². The molecule has 0 radical (unpaired) electrons. The SMILES string of the molecule is CC.CC.CC.CC.CC.CC.CC.CC.CC.CC.CC.CC.CC.CC.O=C1OC2CC3CC1C2C3.O=C1OC2CC3CC1C2O3.O=C1OC2CC3CC1C2S3.O=S1(=O)CCCN1.O=S1(=O)CCCO1.O=S1(=O)OC2CC3CC2C1C3.S=C1CCCS1. The summed E-state index contributed by atoms with van der Waals surface area (Å²) < 4.78 is 97.4. The molecule has 4 saturated carbocycles. The van der Waals surface area contributed by atoms with Gasteiger partial charge in [-0.25, -0.2) is 13.1 Å². The number of nitrogens with one attached hydrogen (secondary N) is 1. The van der Waals surface area contributed by atoms with Crippen LogP contribution >= 0.6 is 35.7 Å². The van der Waals surface area contributed by atoms with Gasteiger partial charge in [-0.1, -0.05) is 206 Å². The molecular weight excluding hydrogens is 1250 g/mol. The molecule has 0 amide bonds. The first kappa shape index (κ1) is 99.0. The number of esters is 3. The third-order valence-corrected chi connectivity index (χ3v) is 22.4. The lowest BCUT2D eigenvalue weighted by Gasteiger charge is -2.11. The molecular formula is C67H139NO15S6. The molecule has 89 heavy (non-hydrogen) atoms. The van der Waals surface area contributed by atoms with Crippen LogP contribution in [0.15, 0.2) is 0 Å². The normalized spacial score (nSPS) is 32.7. The molecule has 16 nitrogen and oxygen atoms in total. The van der Waals surface area contributed by atoms with Gasteiger partial charge in [0.1, 0.15) is 24.4 Å². The smallest absolute Gasteiger partial charge is 0.312 e. The van der Waals surface area contributed by atoms with Crippen LogP contribution in [-0.4, -0.2) is 130 Å². The summed E-state index contributed by atoms with van der Waals surface area (Å²) in [5.41, 5.74) is 0. The highest BCUT2D eigenvalue weighted by molar-refractivity contribution is 8.23. The number of carbonyl (C=O) groups is 3. The molecule has 15 aliphatic rings. The zero-order valence-electron chi connectivity index (χ0n) is 61.7. The van der Waals surface area contributed by atoms with Gasteiger partial charge >= 0.3 is 17.9 Å². The third kappa shape index (κ3) is 32.5. The van der Waals surface area contributed by atoms with Crippen molar-refractivity contribution in [2.45, 2.75) is 336 Å². The average molecular weight is 1390 g/mol. The van der Waals surface area contributed by atoms with Crippen LogP contribution in [0.5, 0.6) is 0 Å². The van der Waals surface area contributed by atoms with Crippen LogP contribution in [0, 0.1) is 41.4 Å². The zero-order chi connectivity index (χ0) is 70.8. The van der Waals surface area contributed by atoms with Crippen molar-refractivity contribution in [2.24, 2.45) is 41.4 Å². The lowest BCUT2D eigenvalue weighted by Crippen LogP contribution is -2.22. The Balaban J connectivity index is -0.000000213. The fourth-order valence-corrected chi connectivity index (χ4v) is 18.9. The van der Waals surface area contributed by atoms with Gasteiger partial charge in [-0.15, -0.1) is 11.8 Å². The van der Waals surface area contributed by atoms with Gasteiger partial charge in [-0.2, -0.15) is 28.6 Å². The van der Waals surface area contributed by atoms with E-state index in [1.807, 2.05) is 217 Å². The van der Waals surface area contributed by atoms with E-state index < -0.39 is 30.3 Å². The van der Waals surface area contributed by atoms with E-state index in [0.717, 1.165) is 75.4 Å². The number of thioether (sulfide) groups is 2. The van der Waals surface area contributed by atoms with Gasteiger partial charge in [0.05, 0.1) is 58.6 Å². The second-order valence-corrected chi connectivity index (χ2v) is 27.5. The van der Waals surface area contributed by atoms with Gasteiger partial charge in [-0.05, 0) is 101 Å². The third-order valence-electron chi connectivity index (χ3n) is 14.5. The summed E-state index contributed by atoms with van der Waals surface area (Å²) in [7, 11) is -8.97. The van der Waals surface area contributed by atoms with E-state index in [2.05, 4.69) is 8.91 Å². The van der Waals surface area contributed by atoms with Gasteiger partial charge in [-0.3, -0.25) is 22.7 Å². The number of sulfonamides is 1. The molecule has 15 fully saturated rings. The van der Waals surface area contributed by atoms with E-state index in [-0.39, 0.29) is 59.1 Å². The monoisotopic (exact) mass is 1390 g/mol. The van der Waals surface area contributed by atoms with Gasteiger partial charge in [0.2, 0.25) is 10.0 Å². The van der Waals surface area contributed by atoms with Crippen molar-refractivity contribution in [3.63, 3.8) is 0 Å². The summed E-state index contributed by atoms with van der Waals surface area (Å²) in [6.45, 7) is 57.0. The number of rotatable bonds is 0. The van der Waals surface area contributed by atoms with Gasteiger partial charge in [0.25, 0.3) is 20.2 Å². The Bertz CT molecular complexity index is 1900. The van der Waals surface area contributed by atoms with E-state index in [0.29, 0.717) is 72.6 Å². The van der Waals surface area contributed by atoms with Crippen LogP contribution in [0.1, 0.15) is 284 Å². The summed E-state index contributed by atoms with van der Waals surface area (Å²) in [4.78, 5) is 33.1. The van der Waals surface area contributed by atoms with Gasteiger partial charge in [0, 0.05) is 34.2 Å². The van der Waals surface area contributed by atoms with E-state index in [1.165, 1.54) is 29.2 Å². The van der Waals surface area contributed by atoms with E-state index in [4.69, 9.17) is 35.3 Å². The zero-order valence-corrected chi connectivity index (χ0v) is 66.6. The summed E-state index contributed by atoms with van der Waals surface area (Å²) in [6.07, 6.45) is 15.7. The Morgan fingerprint density at radius 1 is 0.472 bits per heavy atom. The molecule has 4 aliphatic carbocycles. The molecule has 0 aromatic carbocycles. The second-order valence-electron chi connectivity index (χ2n) is 18.6. The quantitative estimate of drug-likeness (QED) is 0.103. The van der Waals surface area contributed by atoms with Crippen LogP contribution in [0.3, 0.4) is 0 Å². The molecule has 538 valence electrons. The summed E-state index contributed by atoms with van der Waals surface area (Å²) in [6, 6.07) is 0. The van der Waals surface area contributed by atoms with Crippen LogP contribution < -0.4 is 4.72 Å². The van der Waals surface area contributed by atoms with Crippen LogP contribution in [0.2, 0.25) is 0 Å². The van der Waals surface area contributed by atoms with Crippen molar-refractivity contribution in [3.05, 3.63) is 0 Å². The van der Waals surface area contributed by atoms with Crippen molar-refractivity contribution < 1.29 is 67.0 Å². The van der Waals surface area contributed by atoms with E-state index in [9.17, 15) is 39.6 Å². The molecule has 11 aliphatic heterocycles. The maximum Gasteiger partial charge on any atom is 0.312 e. The van der Waals surface area contributed by atoms with Gasteiger partial charge in [0.15, 0.2) is 0 Å². The van der Waals surface area contributed by atoms with E-state index >= 15 is 0 Å². The highest BCUT2D eigenvalue weighted by atomic mass is 32.2. The number of fused-ring (bicyclic) bond motifs is 4. The fourth-order valence-electron chi connectivity index (χ4n) is 11.9. The molecule has 16 unspecified atom stereocenters. The minimum atomic E-state index is -3.13. The Morgan fingerprint density at radius 2 is 0.966 bits per heavy atom. The Morgan fingerprint density at radius 3 is 1.27 bits per heavy atom. The fraction of sp³-hybridized carbons (Fsp3) is 0.940. The van der Waals surface area contributed by atoms with Gasteiger partial charge < -0.3 is 18.9 Å². The van der Waals surface area contributed by atoms with Crippen molar-refractivity contribution in [3.8, 4) is 0 Å². The molecule has 8 bridgehead atoms. The number of ether oxygens (including phenoxy) is 4. The molecule has 0 spiro atoms. The largest absolute Gasteiger partial charge is 0.462 e. The topological polar surface area (TPSA) is 221 Å². The summed E-state index contributed by atoms with van der Waals surface area (Å²) in [5, 5.41) is 1.15. The maximum atomic E-state index is 11.3. The van der Waals surface area contributed by atoms with Crippen molar-refractivity contribution >= 4 is 88.1 Å². The number of hydrogen-bond acceptors (Lipinski definition) is 18. The molecule has 0 aromatic rings. The number of hydrogen-bond donors (Lipinski definition) is 1. The molecule has 0 aromatic heterocycles. The first-order valence-corrected chi connectivity index (χ1v) is 42.9. The van der Waals surface area contributed by atoms with Crippen LogP contribution in [0.25, 0.3) is 0 Å². The average Bonchev–Trinajstić information content (AvgIpc) is 1.81. The maximum absolute atomic E-state index is 11.3. The molecule has 15 rings (SSSR count).